The van der Waals surface area contributed by atoms with Gasteiger partial charge in [0, 0.05) is 19.3 Å². The van der Waals surface area contributed by atoms with Crippen molar-refractivity contribution < 1.29 is 28.6 Å². The lowest BCUT2D eigenvalue weighted by Crippen LogP contribution is -2.30. The Morgan fingerprint density at radius 3 is 0.945 bits per heavy atom. The quantitative estimate of drug-likeness (QED) is 0.0261. The van der Waals surface area contributed by atoms with E-state index < -0.39 is 6.10 Å². The second-order valence-corrected chi connectivity index (χ2v) is 20.2. The third-order valence-corrected chi connectivity index (χ3v) is 13.1. The van der Waals surface area contributed by atoms with Crippen molar-refractivity contribution >= 4 is 17.9 Å². The highest BCUT2D eigenvalue weighted by Gasteiger charge is 2.19. The van der Waals surface area contributed by atoms with Gasteiger partial charge in [-0.1, -0.05) is 259 Å². The van der Waals surface area contributed by atoms with Gasteiger partial charge in [-0.15, -0.1) is 0 Å². The monoisotopic (exact) mass is 1010 g/mol. The van der Waals surface area contributed by atoms with Gasteiger partial charge in [0.1, 0.15) is 13.2 Å². The molecule has 0 aliphatic carbocycles. The average molecular weight is 1020 g/mol. The van der Waals surface area contributed by atoms with E-state index >= 15 is 0 Å². The van der Waals surface area contributed by atoms with E-state index in [4.69, 9.17) is 14.2 Å². The Kier molecular flexibility index (Phi) is 57.8. The lowest BCUT2D eigenvalue weighted by atomic mass is 10.0. The number of hydrogen-bond donors (Lipinski definition) is 0. The number of hydrogen-bond acceptors (Lipinski definition) is 6. The number of allylic oxidation sites excluding steroid dienone is 16. The molecule has 0 amide bonds. The van der Waals surface area contributed by atoms with Crippen LogP contribution in [0.1, 0.15) is 290 Å². The molecule has 0 heterocycles. The second kappa shape index (κ2) is 60.9. The number of ether oxygens (including phenoxy) is 3. The van der Waals surface area contributed by atoms with E-state index in [-0.39, 0.29) is 37.5 Å². The Morgan fingerprint density at radius 1 is 0.288 bits per heavy atom. The van der Waals surface area contributed by atoms with Crippen LogP contribution in [0.15, 0.2) is 97.2 Å². The van der Waals surface area contributed by atoms with Crippen LogP contribution in [-0.4, -0.2) is 37.2 Å². The minimum atomic E-state index is -0.814. The fourth-order valence-corrected chi connectivity index (χ4v) is 8.46. The van der Waals surface area contributed by atoms with Crippen molar-refractivity contribution in [2.24, 2.45) is 0 Å². The molecule has 0 aliphatic rings. The van der Waals surface area contributed by atoms with E-state index in [1.807, 2.05) is 6.08 Å². The van der Waals surface area contributed by atoms with E-state index in [9.17, 15) is 14.4 Å². The number of rotatable bonds is 55. The lowest BCUT2D eigenvalue weighted by molar-refractivity contribution is -0.166. The Morgan fingerprint density at radius 2 is 0.562 bits per heavy atom. The first-order chi connectivity index (χ1) is 36.0. The predicted octanol–water partition coefficient (Wildman–Crippen LogP) is 20.9. The van der Waals surface area contributed by atoms with Crippen molar-refractivity contribution in [1.82, 2.24) is 0 Å². The number of carbonyl (C=O) groups is 3. The van der Waals surface area contributed by atoms with Gasteiger partial charge in [0.15, 0.2) is 6.10 Å². The molecule has 6 heteroatoms. The molecule has 0 saturated heterocycles. The van der Waals surface area contributed by atoms with Crippen molar-refractivity contribution in [3.63, 3.8) is 0 Å². The zero-order chi connectivity index (χ0) is 52.9. The van der Waals surface area contributed by atoms with Gasteiger partial charge < -0.3 is 14.2 Å². The number of unbranched alkanes of at least 4 members (excludes halogenated alkanes) is 28. The normalized spacial score (nSPS) is 12.8. The van der Waals surface area contributed by atoms with E-state index in [2.05, 4.69) is 112 Å². The summed E-state index contributed by atoms with van der Waals surface area (Å²) in [7, 11) is 0. The molecule has 0 radical (unpaired) electrons. The maximum Gasteiger partial charge on any atom is 0.306 e. The van der Waals surface area contributed by atoms with E-state index in [1.54, 1.807) is 0 Å². The van der Waals surface area contributed by atoms with Gasteiger partial charge in [0.25, 0.3) is 0 Å². The fraction of sp³-hybridized carbons (Fsp3) is 0.716. The van der Waals surface area contributed by atoms with Gasteiger partial charge in [-0.2, -0.15) is 0 Å². The summed E-state index contributed by atoms with van der Waals surface area (Å²) < 4.78 is 16.8. The highest BCUT2D eigenvalue weighted by Crippen LogP contribution is 2.16. The maximum atomic E-state index is 12.8. The van der Waals surface area contributed by atoms with Crippen LogP contribution < -0.4 is 0 Å². The predicted molar refractivity (Wildman–Crippen MR) is 316 cm³/mol. The molecular formula is C67H114O6. The molecule has 1 atom stereocenters. The van der Waals surface area contributed by atoms with Gasteiger partial charge in [-0.05, 0) is 109 Å². The molecule has 73 heavy (non-hydrogen) atoms. The summed E-state index contributed by atoms with van der Waals surface area (Å²) in [5.74, 6) is -0.999. The third-order valence-electron chi connectivity index (χ3n) is 13.1. The van der Waals surface area contributed by atoms with E-state index in [1.165, 1.54) is 148 Å². The SMILES string of the molecule is CC/C=C\C/C=C\C/C=C\C/C=C\CCC(=O)OCC(COC(=O)CCCCCCCCCCCCCCCCC/C=C\C/C=C\CCCCCCC)OC(=O)CCCCCCC/C=C\C/C=C\CCCCC. The molecule has 0 spiro atoms. The van der Waals surface area contributed by atoms with Crippen LogP contribution in [0.5, 0.6) is 0 Å². The first-order valence-electron chi connectivity index (χ1n) is 30.7. The molecule has 0 fully saturated rings. The van der Waals surface area contributed by atoms with Crippen LogP contribution in [-0.2, 0) is 28.6 Å². The molecule has 0 bridgehead atoms. The van der Waals surface area contributed by atoms with Crippen molar-refractivity contribution in [3.8, 4) is 0 Å². The van der Waals surface area contributed by atoms with Gasteiger partial charge in [-0.3, -0.25) is 14.4 Å². The van der Waals surface area contributed by atoms with Gasteiger partial charge >= 0.3 is 17.9 Å². The zero-order valence-electron chi connectivity index (χ0n) is 47.9. The standard InChI is InChI=1S/C67H114O6/c1-4-7-10-13-16-19-22-25-27-28-29-30-31-32-33-34-35-36-37-38-40-42-45-48-51-54-57-60-66(69)72-63-64(62-71-65(68)59-56-53-50-47-44-41-24-21-18-15-12-9-6-3)73-67(70)61-58-55-52-49-46-43-39-26-23-20-17-14-11-8-5-2/h9,12,17-18,20-22,25-26,28-29,39,41,44,50,53,64H,4-8,10-11,13-16,19,23-24,27,30-38,40,42-43,45-49,51-52,54-63H2,1-3H3/b12-9-,20-17-,21-18-,25-22-,29-28-,39-26-,44-41-,53-50-. The topological polar surface area (TPSA) is 78.9 Å². The summed E-state index contributed by atoms with van der Waals surface area (Å²) in [5, 5.41) is 0. The third kappa shape index (κ3) is 59.1. The largest absolute Gasteiger partial charge is 0.462 e. The summed E-state index contributed by atoms with van der Waals surface area (Å²) in [4.78, 5) is 38.1. The highest BCUT2D eigenvalue weighted by molar-refractivity contribution is 5.71. The first-order valence-corrected chi connectivity index (χ1v) is 30.7. The molecule has 0 aliphatic heterocycles. The Bertz CT molecular complexity index is 1440. The molecule has 0 aromatic rings. The van der Waals surface area contributed by atoms with Crippen LogP contribution in [0.4, 0.5) is 0 Å². The van der Waals surface area contributed by atoms with Crippen molar-refractivity contribution in [3.05, 3.63) is 97.2 Å². The van der Waals surface area contributed by atoms with E-state index in [0.29, 0.717) is 19.3 Å². The van der Waals surface area contributed by atoms with Gasteiger partial charge in [0.05, 0.1) is 0 Å². The fourth-order valence-electron chi connectivity index (χ4n) is 8.46. The Balaban J connectivity index is 4.30. The van der Waals surface area contributed by atoms with Crippen LogP contribution in [0, 0.1) is 0 Å². The Labute approximate surface area is 451 Å². The first kappa shape index (κ1) is 69.3. The van der Waals surface area contributed by atoms with Crippen LogP contribution in [0.2, 0.25) is 0 Å². The Hall–Kier alpha value is -3.67. The van der Waals surface area contributed by atoms with Crippen LogP contribution in [0.25, 0.3) is 0 Å². The second-order valence-electron chi connectivity index (χ2n) is 20.2. The summed E-state index contributed by atoms with van der Waals surface area (Å²) in [6.45, 7) is 6.43. The average Bonchev–Trinajstić information content (AvgIpc) is 3.39. The van der Waals surface area contributed by atoms with Crippen molar-refractivity contribution in [2.75, 3.05) is 13.2 Å². The molecule has 1 unspecified atom stereocenters. The summed E-state index contributed by atoms with van der Waals surface area (Å²) in [6, 6.07) is 0. The molecule has 0 aromatic heterocycles. The van der Waals surface area contributed by atoms with E-state index in [0.717, 1.165) is 96.3 Å². The molecule has 0 rings (SSSR count). The smallest absolute Gasteiger partial charge is 0.306 e. The molecular weight excluding hydrogens is 901 g/mol. The number of esters is 3. The number of carbonyl (C=O) groups excluding carboxylic acids is 3. The zero-order valence-corrected chi connectivity index (χ0v) is 47.9. The van der Waals surface area contributed by atoms with Crippen LogP contribution in [0.3, 0.4) is 0 Å². The highest BCUT2D eigenvalue weighted by atomic mass is 16.6. The van der Waals surface area contributed by atoms with Crippen molar-refractivity contribution in [1.29, 1.82) is 0 Å². The summed E-state index contributed by atoms with van der Waals surface area (Å²) >= 11 is 0. The lowest BCUT2D eigenvalue weighted by Gasteiger charge is -2.18. The van der Waals surface area contributed by atoms with Gasteiger partial charge in [-0.25, -0.2) is 0 Å². The molecule has 0 N–H and O–H groups in total. The minimum absolute atomic E-state index is 0.105. The summed E-state index contributed by atoms with van der Waals surface area (Å²) in [5.41, 5.74) is 0. The van der Waals surface area contributed by atoms with Crippen molar-refractivity contribution in [2.45, 2.75) is 297 Å². The summed E-state index contributed by atoms with van der Waals surface area (Å²) in [6.07, 6.45) is 81.5. The van der Waals surface area contributed by atoms with Gasteiger partial charge in [0.2, 0.25) is 0 Å². The molecule has 0 aromatic carbocycles. The maximum absolute atomic E-state index is 12.8. The molecule has 418 valence electrons. The molecule has 0 saturated carbocycles. The minimum Gasteiger partial charge on any atom is -0.462 e. The van der Waals surface area contributed by atoms with Crippen LogP contribution >= 0.6 is 0 Å². The molecule has 6 nitrogen and oxygen atoms in total.